The highest BCUT2D eigenvalue weighted by Crippen LogP contribution is 2.41. The van der Waals surface area contributed by atoms with E-state index in [1.807, 2.05) is 0 Å². The molecule has 0 radical (unpaired) electrons. The van der Waals surface area contributed by atoms with Crippen LogP contribution in [0, 0.1) is 33.6 Å². The van der Waals surface area contributed by atoms with Crippen LogP contribution in [0.2, 0.25) is 0 Å². The fraction of sp³-hybridized carbons (Fsp3) is 0.235. The summed E-state index contributed by atoms with van der Waals surface area (Å²) >= 11 is 0. The number of anilines is 2. The minimum atomic E-state index is 0.213. The molecule has 0 N–H and O–H groups in total. The van der Waals surface area contributed by atoms with Crippen LogP contribution in [0.1, 0.15) is 36.1 Å². The van der Waals surface area contributed by atoms with Gasteiger partial charge in [-0.1, -0.05) is 74.5 Å². The number of nitrogens with zero attached hydrogens (tertiary/aromatic N) is 2. The Kier molecular flexibility index (Phi) is 6.45. The molecule has 5 rings (SSSR count). The molecule has 0 aliphatic carbocycles. The Morgan fingerprint density at radius 1 is 0.500 bits per heavy atom. The van der Waals surface area contributed by atoms with Crippen LogP contribution in [-0.4, -0.2) is 6.17 Å². The summed E-state index contributed by atoms with van der Waals surface area (Å²) in [4.78, 5) is 4.96. The molecule has 36 heavy (non-hydrogen) atoms. The molecule has 0 atom stereocenters. The van der Waals surface area contributed by atoms with Gasteiger partial charge in [-0.2, -0.15) is 0 Å². The first-order valence-electron chi connectivity index (χ1n) is 12.9. The van der Waals surface area contributed by atoms with E-state index < -0.39 is 0 Å². The second kappa shape index (κ2) is 9.70. The van der Waals surface area contributed by atoms with Gasteiger partial charge in [0.05, 0.1) is 0 Å². The molecule has 1 aliphatic rings. The van der Waals surface area contributed by atoms with E-state index in [1.165, 1.54) is 55.9 Å². The van der Waals surface area contributed by atoms with Gasteiger partial charge in [0.1, 0.15) is 6.17 Å². The fourth-order valence-electron chi connectivity index (χ4n) is 5.83. The summed E-state index contributed by atoms with van der Waals surface area (Å²) in [7, 11) is 0. The number of hydrogen-bond donors (Lipinski definition) is 0. The predicted molar refractivity (Wildman–Crippen MR) is 155 cm³/mol. The van der Waals surface area contributed by atoms with Crippen molar-refractivity contribution in [3.05, 3.63) is 120 Å². The minimum Gasteiger partial charge on any atom is -0.325 e. The minimum absolute atomic E-state index is 0.213. The Labute approximate surface area is 216 Å². The van der Waals surface area contributed by atoms with Crippen LogP contribution in [0.15, 0.2) is 97.3 Å². The molecule has 0 unspecified atom stereocenters. The standard InChI is InChI=1S/C34H36N2/c1-23(2)34-35(32-24(3)19-30(20-25(32)4)28-13-9-7-10-14-28)17-18-36(34)33-26(5)21-31(22-27(33)6)29-15-11-8-12-16-29/h7-23,34H,1-6H3. The zero-order valence-electron chi connectivity index (χ0n) is 22.3. The van der Waals surface area contributed by atoms with Gasteiger partial charge in [-0.3, -0.25) is 0 Å². The van der Waals surface area contributed by atoms with Crippen LogP contribution < -0.4 is 9.80 Å². The summed E-state index contributed by atoms with van der Waals surface area (Å²) in [5, 5.41) is 0. The second-order valence-electron chi connectivity index (χ2n) is 10.4. The van der Waals surface area contributed by atoms with Gasteiger partial charge in [-0.15, -0.1) is 0 Å². The molecule has 4 aromatic rings. The van der Waals surface area contributed by atoms with Crippen LogP contribution in [0.4, 0.5) is 11.4 Å². The third-order valence-electron chi connectivity index (χ3n) is 7.27. The zero-order chi connectivity index (χ0) is 25.4. The van der Waals surface area contributed by atoms with E-state index in [1.54, 1.807) is 0 Å². The van der Waals surface area contributed by atoms with E-state index in [9.17, 15) is 0 Å². The van der Waals surface area contributed by atoms with E-state index in [-0.39, 0.29) is 6.17 Å². The van der Waals surface area contributed by atoms with Crippen molar-refractivity contribution in [2.24, 2.45) is 5.92 Å². The molecular formula is C34H36N2. The maximum Gasteiger partial charge on any atom is 0.112 e. The summed E-state index contributed by atoms with van der Waals surface area (Å²) in [6.45, 7) is 13.6. The van der Waals surface area contributed by atoms with Crippen molar-refractivity contribution in [2.45, 2.75) is 47.7 Å². The van der Waals surface area contributed by atoms with Crippen molar-refractivity contribution in [2.75, 3.05) is 9.80 Å². The zero-order valence-corrected chi connectivity index (χ0v) is 22.3. The highest BCUT2D eigenvalue weighted by molar-refractivity contribution is 5.77. The van der Waals surface area contributed by atoms with Crippen LogP contribution in [0.3, 0.4) is 0 Å². The summed E-state index contributed by atoms with van der Waals surface area (Å²) in [6, 6.07) is 30.7. The van der Waals surface area contributed by atoms with Crippen LogP contribution in [0.5, 0.6) is 0 Å². The Bertz CT molecular complexity index is 1250. The molecule has 0 aromatic heterocycles. The molecule has 1 heterocycles. The SMILES string of the molecule is Cc1cc(-c2ccccc2)cc(C)c1N1C=CN(c2c(C)cc(-c3ccccc3)cc2C)C1C(C)C. The molecule has 0 spiro atoms. The average molecular weight is 473 g/mol. The quantitative estimate of drug-likeness (QED) is 0.286. The Hall–Kier alpha value is -3.78. The van der Waals surface area contributed by atoms with Gasteiger partial charge in [0.25, 0.3) is 0 Å². The highest BCUT2D eigenvalue weighted by atomic mass is 15.4. The topological polar surface area (TPSA) is 6.48 Å². The molecule has 0 amide bonds. The third kappa shape index (κ3) is 4.33. The molecule has 0 bridgehead atoms. The van der Waals surface area contributed by atoms with Crippen LogP contribution in [0.25, 0.3) is 22.3 Å². The van der Waals surface area contributed by atoms with E-state index in [0.717, 1.165) is 0 Å². The van der Waals surface area contributed by atoms with Gasteiger partial charge in [0.15, 0.2) is 0 Å². The van der Waals surface area contributed by atoms with Gasteiger partial charge in [-0.25, -0.2) is 0 Å². The normalized spacial score (nSPS) is 13.8. The maximum atomic E-state index is 2.48. The molecular weight excluding hydrogens is 436 g/mol. The Morgan fingerprint density at radius 2 is 0.833 bits per heavy atom. The van der Waals surface area contributed by atoms with Gasteiger partial charge < -0.3 is 9.80 Å². The van der Waals surface area contributed by atoms with E-state index in [2.05, 4.69) is 149 Å². The molecule has 0 saturated carbocycles. The molecule has 182 valence electrons. The van der Waals surface area contributed by atoms with Crippen molar-refractivity contribution in [3.63, 3.8) is 0 Å². The molecule has 0 saturated heterocycles. The van der Waals surface area contributed by atoms with E-state index >= 15 is 0 Å². The molecule has 2 heteroatoms. The lowest BCUT2D eigenvalue weighted by Gasteiger charge is -2.38. The highest BCUT2D eigenvalue weighted by Gasteiger charge is 2.34. The average Bonchev–Trinajstić information content (AvgIpc) is 3.28. The molecule has 4 aromatic carbocycles. The van der Waals surface area contributed by atoms with E-state index in [0.29, 0.717) is 5.92 Å². The van der Waals surface area contributed by atoms with Gasteiger partial charge in [0.2, 0.25) is 0 Å². The number of benzene rings is 4. The second-order valence-corrected chi connectivity index (χ2v) is 10.4. The number of rotatable bonds is 5. The Balaban J connectivity index is 1.53. The summed E-state index contributed by atoms with van der Waals surface area (Å²) in [5.74, 6) is 0.431. The third-order valence-corrected chi connectivity index (χ3v) is 7.27. The monoisotopic (exact) mass is 472 g/mol. The van der Waals surface area contributed by atoms with E-state index in [4.69, 9.17) is 0 Å². The van der Waals surface area contributed by atoms with Crippen molar-refractivity contribution in [1.29, 1.82) is 0 Å². The summed E-state index contributed by atoms with van der Waals surface area (Å²) in [5.41, 5.74) is 12.9. The van der Waals surface area contributed by atoms with Gasteiger partial charge >= 0.3 is 0 Å². The first-order valence-corrected chi connectivity index (χ1v) is 12.9. The fourth-order valence-corrected chi connectivity index (χ4v) is 5.83. The molecule has 2 nitrogen and oxygen atoms in total. The smallest absolute Gasteiger partial charge is 0.112 e. The van der Waals surface area contributed by atoms with Crippen molar-refractivity contribution in [3.8, 4) is 22.3 Å². The van der Waals surface area contributed by atoms with Crippen LogP contribution in [-0.2, 0) is 0 Å². The summed E-state index contributed by atoms with van der Waals surface area (Å²) in [6.07, 6.45) is 4.75. The summed E-state index contributed by atoms with van der Waals surface area (Å²) < 4.78 is 0. The lowest BCUT2D eigenvalue weighted by Crippen LogP contribution is -2.44. The largest absolute Gasteiger partial charge is 0.325 e. The Morgan fingerprint density at radius 3 is 1.14 bits per heavy atom. The predicted octanol–water partition coefficient (Wildman–Crippen LogP) is 9.03. The van der Waals surface area contributed by atoms with Crippen molar-refractivity contribution < 1.29 is 0 Å². The van der Waals surface area contributed by atoms with Crippen molar-refractivity contribution in [1.82, 2.24) is 0 Å². The van der Waals surface area contributed by atoms with Crippen molar-refractivity contribution >= 4 is 11.4 Å². The number of aryl methyl sites for hydroxylation is 4. The van der Waals surface area contributed by atoms with Crippen LogP contribution >= 0.6 is 0 Å². The molecule has 1 aliphatic heterocycles. The lowest BCUT2D eigenvalue weighted by molar-refractivity contribution is 0.499. The molecule has 0 fully saturated rings. The lowest BCUT2D eigenvalue weighted by atomic mass is 9.96. The first-order chi connectivity index (χ1) is 17.3. The first kappa shape index (κ1) is 23.9. The maximum absolute atomic E-state index is 2.48. The van der Waals surface area contributed by atoms with Gasteiger partial charge in [0, 0.05) is 23.8 Å². The van der Waals surface area contributed by atoms with Gasteiger partial charge in [-0.05, 0) is 102 Å². The number of hydrogen-bond acceptors (Lipinski definition) is 2.